The first-order valence-electron chi connectivity index (χ1n) is 10.9. The van der Waals surface area contributed by atoms with Crippen LogP contribution in [0.2, 0.25) is 0 Å². The molecule has 32 heavy (non-hydrogen) atoms. The van der Waals surface area contributed by atoms with Gasteiger partial charge in [0.05, 0.1) is 28.3 Å². The zero-order valence-electron chi connectivity index (χ0n) is 18.7. The van der Waals surface area contributed by atoms with Crippen LogP contribution in [0.3, 0.4) is 0 Å². The van der Waals surface area contributed by atoms with Gasteiger partial charge in [-0.05, 0) is 47.7 Å². The molecule has 1 aliphatic rings. The van der Waals surface area contributed by atoms with Gasteiger partial charge in [-0.3, -0.25) is 4.79 Å². The monoisotopic (exact) mass is 425 g/mol. The Bertz CT molecular complexity index is 1310. The number of rotatable bonds is 3. The van der Waals surface area contributed by atoms with Crippen molar-refractivity contribution in [2.24, 2.45) is 0 Å². The van der Waals surface area contributed by atoms with Gasteiger partial charge in [0.1, 0.15) is 5.82 Å². The number of imidazole rings is 1. The molecule has 5 rings (SSSR count). The van der Waals surface area contributed by atoms with E-state index in [1.54, 1.807) is 10.9 Å². The van der Waals surface area contributed by atoms with Crippen molar-refractivity contribution in [3.8, 4) is 5.69 Å². The third-order valence-electron chi connectivity index (χ3n) is 6.08. The molecule has 1 aliphatic heterocycles. The second-order valence-corrected chi connectivity index (χ2v) is 9.47. The summed E-state index contributed by atoms with van der Waals surface area (Å²) in [5, 5.41) is 4.31. The first-order chi connectivity index (χ1) is 15.3. The second-order valence-electron chi connectivity index (χ2n) is 9.47. The number of fused-ring (bicyclic) bond motifs is 1. The molecule has 1 atom stereocenters. The summed E-state index contributed by atoms with van der Waals surface area (Å²) in [7, 11) is 0. The molecule has 1 saturated heterocycles. The van der Waals surface area contributed by atoms with Gasteiger partial charge in [0.15, 0.2) is 0 Å². The highest BCUT2D eigenvalue weighted by molar-refractivity contribution is 5.98. The molecule has 1 amide bonds. The van der Waals surface area contributed by atoms with Crippen molar-refractivity contribution < 1.29 is 4.79 Å². The van der Waals surface area contributed by atoms with Crippen LogP contribution in [0.1, 0.15) is 55.0 Å². The number of para-hydroxylation sites is 1. The van der Waals surface area contributed by atoms with Gasteiger partial charge in [0, 0.05) is 18.9 Å². The van der Waals surface area contributed by atoms with Gasteiger partial charge < -0.3 is 9.88 Å². The summed E-state index contributed by atoms with van der Waals surface area (Å²) >= 11 is 0. The average molecular weight is 426 g/mol. The zero-order chi connectivity index (χ0) is 22.5. The molecule has 0 radical (unpaired) electrons. The number of aromatic amines is 1. The number of hydrogen-bond donors (Lipinski definition) is 1. The van der Waals surface area contributed by atoms with E-state index in [-0.39, 0.29) is 17.4 Å². The minimum atomic E-state index is -0.175. The summed E-state index contributed by atoms with van der Waals surface area (Å²) in [6.07, 6.45) is 4.25. The van der Waals surface area contributed by atoms with Gasteiger partial charge in [-0.15, -0.1) is 0 Å². The molecule has 1 N–H and O–H groups in total. The third kappa shape index (κ3) is 3.51. The number of aromatic nitrogens is 4. The van der Waals surface area contributed by atoms with Crippen LogP contribution in [-0.2, 0) is 5.41 Å². The van der Waals surface area contributed by atoms with E-state index in [0.29, 0.717) is 18.5 Å². The van der Waals surface area contributed by atoms with Crippen molar-refractivity contribution in [2.75, 3.05) is 6.54 Å². The lowest BCUT2D eigenvalue weighted by molar-refractivity contribution is 0.0733. The predicted octanol–water partition coefficient (Wildman–Crippen LogP) is 5.19. The molecule has 2 aromatic heterocycles. The predicted molar refractivity (Wildman–Crippen MR) is 126 cm³/mol. The quantitative estimate of drug-likeness (QED) is 0.459. The topological polar surface area (TPSA) is 66.8 Å². The van der Waals surface area contributed by atoms with Crippen molar-refractivity contribution >= 4 is 16.9 Å². The van der Waals surface area contributed by atoms with Crippen LogP contribution < -0.4 is 0 Å². The minimum Gasteiger partial charge on any atom is -0.340 e. The fourth-order valence-electron chi connectivity index (χ4n) is 4.33. The van der Waals surface area contributed by atoms with Crippen LogP contribution in [0.15, 0.2) is 73.1 Å². The lowest BCUT2D eigenvalue weighted by Crippen LogP contribution is -2.32. The van der Waals surface area contributed by atoms with Crippen molar-refractivity contribution in [1.29, 1.82) is 0 Å². The Labute approximate surface area is 187 Å². The number of benzene rings is 2. The van der Waals surface area contributed by atoms with Gasteiger partial charge in [-0.1, -0.05) is 51.1 Å². The molecular weight excluding hydrogens is 398 g/mol. The highest BCUT2D eigenvalue weighted by atomic mass is 16.2. The maximum Gasteiger partial charge on any atom is 0.256 e. The number of carbonyl (C=O) groups excluding carboxylic acids is 1. The number of hydrogen-bond acceptors (Lipinski definition) is 3. The minimum absolute atomic E-state index is 0.0458. The number of nitrogens with one attached hydrogen (secondary N) is 1. The van der Waals surface area contributed by atoms with Crippen molar-refractivity contribution in [1.82, 2.24) is 24.6 Å². The maximum atomic E-state index is 13.7. The summed E-state index contributed by atoms with van der Waals surface area (Å²) in [4.78, 5) is 23.9. The molecule has 0 saturated carbocycles. The molecule has 0 unspecified atom stereocenters. The normalized spacial score (nSPS) is 16.8. The first-order valence-corrected chi connectivity index (χ1v) is 10.9. The summed E-state index contributed by atoms with van der Waals surface area (Å²) in [5.41, 5.74) is 5.61. The fraction of sp³-hybridized carbons (Fsp3) is 0.269. The molecule has 0 bridgehead atoms. The molecule has 6 nitrogen and oxygen atoms in total. The third-order valence-corrected chi connectivity index (χ3v) is 6.08. The smallest absolute Gasteiger partial charge is 0.256 e. The Morgan fingerprint density at radius 2 is 1.97 bits per heavy atom. The molecule has 3 heterocycles. The Morgan fingerprint density at radius 1 is 1.16 bits per heavy atom. The lowest BCUT2D eigenvalue weighted by Gasteiger charge is -2.24. The van der Waals surface area contributed by atoms with Gasteiger partial charge in [-0.2, -0.15) is 5.10 Å². The molecular formula is C26H27N5O. The maximum absolute atomic E-state index is 13.7. The molecule has 0 aliphatic carbocycles. The van der Waals surface area contributed by atoms with E-state index in [4.69, 9.17) is 4.98 Å². The van der Waals surface area contributed by atoms with E-state index in [2.05, 4.69) is 55.6 Å². The van der Waals surface area contributed by atoms with Crippen molar-refractivity contribution in [3.63, 3.8) is 0 Å². The standard InChI is InChI=1S/C26H27N5O/c1-17-14-23(24-28-20-11-10-18(26(2,3)4)15-21(20)29-24)30(16-17)25(32)19-8-5-6-9-22(19)31-13-7-12-27-31/h5-13,15,23H,1,14,16H2,2-4H3,(H,28,29)/t23-/m0/s1. The van der Waals surface area contributed by atoms with E-state index < -0.39 is 0 Å². The van der Waals surface area contributed by atoms with Crippen molar-refractivity contribution in [3.05, 3.63) is 90.0 Å². The van der Waals surface area contributed by atoms with Crippen LogP contribution >= 0.6 is 0 Å². The number of likely N-dealkylation sites (tertiary alicyclic amines) is 1. The molecule has 2 aromatic carbocycles. The number of carbonyl (C=O) groups is 1. The van der Waals surface area contributed by atoms with E-state index in [1.807, 2.05) is 41.4 Å². The van der Waals surface area contributed by atoms with Crippen LogP contribution in [0, 0.1) is 0 Å². The number of nitrogens with zero attached hydrogens (tertiary/aromatic N) is 4. The van der Waals surface area contributed by atoms with Crippen LogP contribution in [0.4, 0.5) is 0 Å². The van der Waals surface area contributed by atoms with Gasteiger partial charge in [0.25, 0.3) is 5.91 Å². The van der Waals surface area contributed by atoms with Crippen LogP contribution in [-0.4, -0.2) is 37.1 Å². The van der Waals surface area contributed by atoms with Gasteiger partial charge in [0.2, 0.25) is 0 Å². The van der Waals surface area contributed by atoms with Gasteiger partial charge >= 0.3 is 0 Å². The van der Waals surface area contributed by atoms with Gasteiger partial charge in [-0.25, -0.2) is 9.67 Å². The second kappa shape index (κ2) is 7.48. The van der Waals surface area contributed by atoms with E-state index in [0.717, 1.165) is 28.1 Å². The molecule has 162 valence electrons. The summed E-state index contributed by atoms with van der Waals surface area (Å²) in [5.74, 6) is 0.755. The highest BCUT2D eigenvalue weighted by Crippen LogP contribution is 2.36. The zero-order valence-corrected chi connectivity index (χ0v) is 18.7. The largest absolute Gasteiger partial charge is 0.340 e. The Hall–Kier alpha value is -3.67. The fourth-order valence-corrected chi connectivity index (χ4v) is 4.33. The lowest BCUT2D eigenvalue weighted by atomic mass is 9.87. The average Bonchev–Trinajstić information content (AvgIpc) is 3.51. The SMILES string of the molecule is C=C1C[C@@H](c2nc3ccc(C(C)(C)C)cc3[nH]2)N(C(=O)c2ccccc2-n2cccn2)C1. The molecule has 0 spiro atoms. The number of amides is 1. The Balaban J connectivity index is 1.52. The van der Waals surface area contributed by atoms with E-state index in [9.17, 15) is 4.79 Å². The van der Waals surface area contributed by atoms with Crippen molar-refractivity contribution in [2.45, 2.75) is 38.6 Å². The van der Waals surface area contributed by atoms with Crippen LogP contribution in [0.5, 0.6) is 0 Å². The molecule has 4 aromatic rings. The summed E-state index contributed by atoms with van der Waals surface area (Å²) < 4.78 is 1.72. The Morgan fingerprint density at radius 3 is 2.72 bits per heavy atom. The van der Waals surface area contributed by atoms with Crippen LogP contribution in [0.25, 0.3) is 16.7 Å². The highest BCUT2D eigenvalue weighted by Gasteiger charge is 2.35. The Kier molecular flexibility index (Phi) is 4.73. The van der Waals surface area contributed by atoms with E-state index in [1.165, 1.54) is 5.56 Å². The summed E-state index contributed by atoms with van der Waals surface area (Å²) in [6, 6.07) is 15.6. The molecule has 1 fully saturated rings. The summed E-state index contributed by atoms with van der Waals surface area (Å²) in [6.45, 7) is 11.3. The first kappa shape index (κ1) is 20.2. The number of H-pyrrole nitrogens is 1. The van der Waals surface area contributed by atoms with E-state index >= 15 is 0 Å². The molecule has 6 heteroatoms.